The molecule has 0 radical (unpaired) electrons. The van der Waals surface area contributed by atoms with Crippen molar-refractivity contribution >= 4 is 6.03 Å². The van der Waals surface area contributed by atoms with E-state index < -0.39 is 0 Å². The summed E-state index contributed by atoms with van der Waals surface area (Å²) < 4.78 is 5.53. The summed E-state index contributed by atoms with van der Waals surface area (Å²) in [4.78, 5) is 14.3. The molecular weight excluding hydrogens is 218 g/mol. The fourth-order valence-corrected chi connectivity index (χ4v) is 3.18. The lowest BCUT2D eigenvalue weighted by Crippen LogP contribution is -2.67. The van der Waals surface area contributed by atoms with Crippen LogP contribution >= 0.6 is 0 Å². The second kappa shape index (κ2) is 4.82. The number of amides is 2. The summed E-state index contributed by atoms with van der Waals surface area (Å²) in [5, 5.41) is 6.54. The lowest BCUT2D eigenvalue weighted by atomic mass is 10.1. The van der Waals surface area contributed by atoms with E-state index in [4.69, 9.17) is 4.74 Å². The van der Waals surface area contributed by atoms with Gasteiger partial charge in [0.2, 0.25) is 0 Å². The van der Waals surface area contributed by atoms with E-state index in [1.165, 1.54) is 12.8 Å². The number of carbonyl (C=O) groups excluding carboxylic acids is 1. The van der Waals surface area contributed by atoms with Crippen LogP contribution in [0.5, 0.6) is 0 Å². The van der Waals surface area contributed by atoms with E-state index in [2.05, 4.69) is 10.6 Å². The zero-order valence-corrected chi connectivity index (χ0v) is 10.2. The predicted molar refractivity (Wildman–Crippen MR) is 63.9 cm³/mol. The molecular formula is C12H21N3O2. The second-order valence-electron chi connectivity index (χ2n) is 5.34. The Labute approximate surface area is 102 Å². The van der Waals surface area contributed by atoms with Gasteiger partial charge >= 0.3 is 6.03 Å². The molecule has 1 saturated carbocycles. The molecule has 2 N–H and O–H groups in total. The van der Waals surface area contributed by atoms with Crippen LogP contribution in [0, 0.1) is 0 Å². The van der Waals surface area contributed by atoms with Crippen LogP contribution < -0.4 is 10.6 Å². The highest BCUT2D eigenvalue weighted by atomic mass is 16.5. The number of rotatable bonds is 1. The molecule has 2 aliphatic heterocycles. The van der Waals surface area contributed by atoms with Gasteiger partial charge in [0.25, 0.3) is 0 Å². The molecule has 3 aliphatic rings. The Morgan fingerprint density at radius 3 is 2.47 bits per heavy atom. The molecule has 5 heteroatoms. The number of carbonyl (C=O) groups is 1. The maximum absolute atomic E-state index is 12.3. The Morgan fingerprint density at radius 2 is 1.82 bits per heavy atom. The van der Waals surface area contributed by atoms with Gasteiger partial charge in [-0.2, -0.15) is 0 Å². The number of urea groups is 1. The maximum Gasteiger partial charge on any atom is 0.318 e. The molecule has 0 spiro atoms. The molecule has 0 aromatic heterocycles. The Balaban J connectivity index is 1.63. The van der Waals surface area contributed by atoms with Gasteiger partial charge in [0.1, 0.15) is 0 Å². The summed E-state index contributed by atoms with van der Waals surface area (Å²) in [6.07, 6.45) is 4.79. The number of hydrogen-bond acceptors (Lipinski definition) is 3. The molecule has 2 bridgehead atoms. The molecule has 0 aromatic carbocycles. The van der Waals surface area contributed by atoms with Gasteiger partial charge in [0.15, 0.2) is 0 Å². The third kappa shape index (κ3) is 2.26. The van der Waals surface area contributed by atoms with Crippen molar-refractivity contribution < 1.29 is 9.53 Å². The van der Waals surface area contributed by atoms with Gasteiger partial charge in [-0.3, -0.25) is 0 Å². The fraction of sp³-hybridized carbons (Fsp3) is 0.917. The zero-order valence-electron chi connectivity index (χ0n) is 10.2. The number of morpholine rings is 1. The smallest absolute Gasteiger partial charge is 0.318 e. The lowest BCUT2D eigenvalue weighted by molar-refractivity contribution is -0.0416. The first-order valence-electron chi connectivity index (χ1n) is 6.72. The van der Waals surface area contributed by atoms with Crippen LogP contribution in [0.3, 0.4) is 0 Å². The average molecular weight is 239 g/mol. The van der Waals surface area contributed by atoms with Crippen LogP contribution in [-0.4, -0.2) is 55.4 Å². The largest absolute Gasteiger partial charge is 0.377 e. The molecule has 0 aromatic rings. The van der Waals surface area contributed by atoms with E-state index in [1.54, 1.807) is 0 Å². The van der Waals surface area contributed by atoms with Gasteiger partial charge in [-0.15, -0.1) is 0 Å². The van der Waals surface area contributed by atoms with Crippen molar-refractivity contribution in [1.29, 1.82) is 0 Å². The van der Waals surface area contributed by atoms with E-state index >= 15 is 0 Å². The zero-order chi connectivity index (χ0) is 11.7. The van der Waals surface area contributed by atoms with Gasteiger partial charge in [-0.1, -0.05) is 12.8 Å². The minimum atomic E-state index is 0.122. The first-order chi connectivity index (χ1) is 8.34. The second-order valence-corrected chi connectivity index (χ2v) is 5.34. The third-order valence-corrected chi connectivity index (χ3v) is 4.08. The monoisotopic (exact) mass is 239 g/mol. The molecule has 2 amide bonds. The van der Waals surface area contributed by atoms with E-state index in [9.17, 15) is 4.79 Å². The molecule has 2 unspecified atom stereocenters. The molecule has 2 saturated heterocycles. The van der Waals surface area contributed by atoms with Gasteiger partial charge in [-0.05, 0) is 12.8 Å². The highest BCUT2D eigenvalue weighted by Crippen LogP contribution is 2.20. The van der Waals surface area contributed by atoms with Crippen LogP contribution in [-0.2, 0) is 4.74 Å². The molecule has 5 nitrogen and oxygen atoms in total. The lowest BCUT2D eigenvalue weighted by Gasteiger charge is -2.46. The summed E-state index contributed by atoms with van der Waals surface area (Å²) in [6.45, 7) is 3.05. The average Bonchev–Trinajstić information content (AvgIpc) is 2.80. The quantitative estimate of drug-likeness (QED) is 0.692. The summed E-state index contributed by atoms with van der Waals surface area (Å²) in [6, 6.07) is 0.948. The Hall–Kier alpha value is -0.810. The minimum Gasteiger partial charge on any atom is -0.377 e. The summed E-state index contributed by atoms with van der Waals surface area (Å²) in [5.41, 5.74) is 0. The summed E-state index contributed by atoms with van der Waals surface area (Å²) in [7, 11) is 0. The first-order valence-corrected chi connectivity index (χ1v) is 6.72. The van der Waals surface area contributed by atoms with Crippen molar-refractivity contribution in [3.63, 3.8) is 0 Å². The van der Waals surface area contributed by atoms with Gasteiger partial charge in [-0.25, -0.2) is 4.79 Å². The molecule has 2 atom stereocenters. The molecule has 2 heterocycles. The number of fused-ring (bicyclic) bond motifs is 2. The highest BCUT2D eigenvalue weighted by Gasteiger charge is 2.38. The van der Waals surface area contributed by atoms with E-state index in [0.717, 1.165) is 25.9 Å². The number of hydrogen-bond donors (Lipinski definition) is 2. The van der Waals surface area contributed by atoms with Crippen LogP contribution in [0.15, 0.2) is 0 Å². The van der Waals surface area contributed by atoms with E-state index in [1.807, 2.05) is 4.90 Å². The SMILES string of the molecule is O=C(NC1CCCC1)N1C2CNCC1COC2. The fourth-order valence-electron chi connectivity index (χ4n) is 3.18. The highest BCUT2D eigenvalue weighted by molar-refractivity contribution is 5.75. The molecule has 3 rings (SSSR count). The molecule has 1 aliphatic carbocycles. The Morgan fingerprint density at radius 1 is 1.18 bits per heavy atom. The first kappa shape index (κ1) is 11.3. The standard InChI is InChI=1S/C12H21N3O2/c16-12(14-9-3-1-2-4-9)15-10-5-13-6-11(15)8-17-7-10/h9-11,13H,1-8H2,(H,14,16). The van der Waals surface area contributed by atoms with Crippen molar-refractivity contribution in [1.82, 2.24) is 15.5 Å². The predicted octanol–water partition coefficient (Wildman–Crippen LogP) is 0.311. The van der Waals surface area contributed by atoms with E-state index in [0.29, 0.717) is 19.3 Å². The molecule has 17 heavy (non-hydrogen) atoms. The van der Waals surface area contributed by atoms with Crippen molar-refractivity contribution in [2.24, 2.45) is 0 Å². The van der Waals surface area contributed by atoms with Gasteiger partial charge in [0, 0.05) is 19.1 Å². The van der Waals surface area contributed by atoms with Crippen molar-refractivity contribution in [3.8, 4) is 0 Å². The number of ether oxygens (including phenoxy) is 1. The van der Waals surface area contributed by atoms with Gasteiger partial charge in [0.05, 0.1) is 25.3 Å². The number of nitrogens with one attached hydrogen (secondary N) is 2. The summed E-state index contributed by atoms with van der Waals surface area (Å²) >= 11 is 0. The van der Waals surface area contributed by atoms with Crippen LogP contribution in [0.25, 0.3) is 0 Å². The van der Waals surface area contributed by atoms with Crippen molar-refractivity contribution in [3.05, 3.63) is 0 Å². The van der Waals surface area contributed by atoms with Crippen LogP contribution in [0.1, 0.15) is 25.7 Å². The number of piperazine rings is 1. The topological polar surface area (TPSA) is 53.6 Å². The summed E-state index contributed by atoms with van der Waals surface area (Å²) in [5.74, 6) is 0. The molecule has 96 valence electrons. The van der Waals surface area contributed by atoms with E-state index in [-0.39, 0.29) is 18.1 Å². The van der Waals surface area contributed by atoms with Crippen LogP contribution in [0.2, 0.25) is 0 Å². The van der Waals surface area contributed by atoms with Crippen molar-refractivity contribution in [2.75, 3.05) is 26.3 Å². The Kier molecular flexibility index (Phi) is 3.20. The molecule has 3 fully saturated rings. The third-order valence-electron chi connectivity index (χ3n) is 4.08. The number of nitrogens with zero attached hydrogens (tertiary/aromatic N) is 1. The van der Waals surface area contributed by atoms with Crippen molar-refractivity contribution in [2.45, 2.75) is 43.8 Å². The minimum absolute atomic E-state index is 0.122. The normalized spacial score (nSPS) is 33.8. The van der Waals surface area contributed by atoms with Gasteiger partial charge < -0.3 is 20.3 Å². The maximum atomic E-state index is 12.3. The van der Waals surface area contributed by atoms with Crippen LogP contribution in [0.4, 0.5) is 4.79 Å². The Bertz CT molecular complexity index is 269.